The van der Waals surface area contributed by atoms with Gasteiger partial charge >= 0.3 is 5.97 Å². The number of carboxylic acid groups (broad SMARTS) is 1. The number of aliphatic carboxylic acids is 1. The molecule has 0 heterocycles. The van der Waals surface area contributed by atoms with E-state index in [0.29, 0.717) is 5.56 Å². The van der Waals surface area contributed by atoms with Crippen LogP contribution in [-0.2, 0) is 4.79 Å². The van der Waals surface area contributed by atoms with Crippen molar-refractivity contribution >= 4 is 5.97 Å². The molecule has 0 amide bonds. The highest BCUT2D eigenvalue weighted by molar-refractivity contribution is 5.74. The quantitative estimate of drug-likeness (QED) is 0.441. The molecule has 1 aromatic rings. The number of azide groups is 1. The first-order valence-electron chi connectivity index (χ1n) is 4.24. The van der Waals surface area contributed by atoms with Gasteiger partial charge in [0.15, 0.2) is 0 Å². The molecule has 0 aliphatic carbocycles. The summed E-state index contributed by atoms with van der Waals surface area (Å²) in [6.07, 6.45) is 0. The Balaban J connectivity index is 3.03. The molecule has 0 aliphatic rings. The minimum atomic E-state index is -1.23. The van der Waals surface area contributed by atoms with Crippen molar-refractivity contribution in [3.05, 3.63) is 46.3 Å². The Morgan fingerprint density at radius 2 is 2.07 bits per heavy atom. The lowest BCUT2D eigenvalue weighted by molar-refractivity contribution is -0.139. The molecule has 1 rings (SSSR count). The lowest BCUT2D eigenvalue weighted by Gasteiger charge is -2.15. The van der Waals surface area contributed by atoms with Crippen LogP contribution in [0.15, 0.2) is 35.4 Å². The molecule has 0 saturated heterocycles. The molecule has 0 aliphatic heterocycles. The number of nitrogens with two attached hydrogens (primary N) is 1. The van der Waals surface area contributed by atoms with Crippen LogP contribution in [0.1, 0.15) is 11.6 Å². The largest absolute Gasteiger partial charge is 0.480 e. The standard InChI is InChI=1S/C9H10N4O2/c10-7(9(14)15)8(12-13-11)6-4-2-1-3-5-6/h1-5,7-8H,10H2,(H,14,15). The molecule has 0 saturated carbocycles. The average Bonchev–Trinajstić information content (AvgIpc) is 2.26. The second kappa shape index (κ2) is 4.99. The molecule has 0 fully saturated rings. The van der Waals surface area contributed by atoms with E-state index in [4.69, 9.17) is 16.4 Å². The molecule has 78 valence electrons. The van der Waals surface area contributed by atoms with Gasteiger partial charge in [0.05, 0.1) is 6.04 Å². The maximum Gasteiger partial charge on any atom is 0.321 e. The van der Waals surface area contributed by atoms with Gasteiger partial charge in [0.1, 0.15) is 6.04 Å². The van der Waals surface area contributed by atoms with Gasteiger partial charge < -0.3 is 10.8 Å². The molecule has 2 unspecified atom stereocenters. The second-order valence-electron chi connectivity index (χ2n) is 2.92. The summed E-state index contributed by atoms with van der Waals surface area (Å²) in [6, 6.07) is 6.46. The number of nitrogens with zero attached hydrogens (tertiary/aromatic N) is 3. The zero-order valence-corrected chi connectivity index (χ0v) is 7.82. The Bertz CT molecular complexity index is 386. The molecule has 0 bridgehead atoms. The van der Waals surface area contributed by atoms with Gasteiger partial charge in [0.25, 0.3) is 0 Å². The highest BCUT2D eigenvalue weighted by atomic mass is 16.4. The maximum atomic E-state index is 10.7. The third-order valence-corrected chi connectivity index (χ3v) is 1.94. The van der Waals surface area contributed by atoms with Crippen LogP contribution < -0.4 is 5.73 Å². The van der Waals surface area contributed by atoms with Crippen LogP contribution in [0.3, 0.4) is 0 Å². The van der Waals surface area contributed by atoms with Crippen molar-refractivity contribution in [2.24, 2.45) is 10.8 Å². The van der Waals surface area contributed by atoms with Gasteiger partial charge in [-0.3, -0.25) is 4.79 Å². The summed E-state index contributed by atoms with van der Waals surface area (Å²) in [7, 11) is 0. The van der Waals surface area contributed by atoms with Crippen LogP contribution in [0.25, 0.3) is 10.4 Å². The molecule has 6 nitrogen and oxygen atoms in total. The van der Waals surface area contributed by atoms with Crippen LogP contribution in [0.2, 0.25) is 0 Å². The van der Waals surface area contributed by atoms with Crippen molar-refractivity contribution in [1.29, 1.82) is 0 Å². The zero-order chi connectivity index (χ0) is 11.3. The Hall–Kier alpha value is -2.04. The summed E-state index contributed by atoms with van der Waals surface area (Å²) < 4.78 is 0. The van der Waals surface area contributed by atoms with E-state index < -0.39 is 18.1 Å². The molecule has 0 aromatic heterocycles. The van der Waals surface area contributed by atoms with Gasteiger partial charge in [-0.2, -0.15) is 0 Å². The number of benzene rings is 1. The Morgan fingerprint density at radius 3 is 2.53 bits per heavy atom. The summed E-state index contributed by atoms with van der Waals surface area (Å²) >= 11 is 0. The van der Waals surface area contributed by atoms with E-state index in [1.165, 1.54) is 0 Å². The van der Waals surface area contributed by atoms with Crippen LogP contribution in [0.5, 0.6) is 0 Å². The van der Waals surface area contributed by atoms with Crippen molar-refractivity contribution in [2.45, 2.75) is 12.1 Å². The van der Waals surface area contributed by atoms with E-state index >= 15 is 0 Å². The first kappa shape index (κ1) is 11.0. The third-order valence-electron chi connectivity index (χ3n) is 1.94. The fraction of sp³-hybridized carbons (Fsp3) is 0.222. The average molecular weight is 206 g/mol. The van der Waals surface area contributed by atoms with Crippen molar-refractivity contribution in [3.63, 3.8) is 0 Å². The van der Waals surface area contributed by atoms with Crippen molar-refractivity contribution in [2.75, 3.05) is 0 Å². The Morgan fingerprint density at radius 1 is 1.47 bits per heavy atom. The minimum absolute atomic E-state index is 0.588. The smallest absolute Gasteiger partial charge is 0.321 e. The molecule has 0 radical (unpaired) electrons. The molecule has 6 heteroatoms. The molecule has 1 aromatic carbocycles. The number of rotatable bonds is 4. The van der Waals surface area contributed by atoms with Crippen LogP contribution in [0.4, 0.5) is 0 Å². The lowest BCUT2D eigenvalue weighted by Crippen LogP contribution is -2.35. The summed E-state index contributed by atoms with van der Waals surface area (Å²) in [6.45, 7) is 0. The SMILES string of the molecule is [N-]=[N+]=NC(c1ccccc1)C(N)C(=O)O. The van der Waals surface area contributed by atoms with E-state index in [9.17, 15) is 4.79 Å². The van der Waals surface area contributed by atoms with Crippen molar-refractivity contribution in [1.82, 2.24) is 0 Å². The minimum Gasteiger partial charge on any atom is -0.480 e. The predicted molar refractivity (Wildman–Crippen MR) is 53.9 cm³/mol. The Kier molecular flexibility index (Phi) is 3.68. The fourth-order valence-corrected chi connectivity index (χ4v) is 1.19. The number of carboxylic acids is 1. The van der Waals surface area contributed by atoms with Crippen LogP contribution >= 0.6 is 0 Å². The fourth-order valence-electron chi connectivity index (χ4n) is 1.19. The normalized spacial score (nSPS) is 13.7. The Labute approximate surface area is 86.0 Å². The highest BCUT2D eigenvalue weighted by Gasteiger charge is 2.24. The molecule has 2 atom stereocenters. The topological polar surface area (TPSA) is 112 Å². The molecule has 0 spiro atoms. The van der Waals surface area contributed by atoms with Gasteiger partial charge in [-0.1, -0.05) is 35.4 Å². The summed E-state index contributed by atoms with van der Waals surface area (Å²) in [4.78, 5) is 13.3. The monoisotopic (exact) mass is 206 g/mol. The van der Waals surface area contributed by atoms with E-state index in [0.717, 1.165) is 0 Å². The van der Waals surface area contributed by atoms with E-state index in [2.05, 4.69) is 10.0 Å². The number of hydrogen-bond donors (Lipinski definition) is 2. The molecular weight excluding hydrogens is 196 g/mol. The molecule has 3 N–H and O–H groups in total. The van der Waals surface area contributed by atoms with Gasteiger partial charge in [0, 0.05) is 4.91 Å². The third kappa shape index (κ3) is 2.70. The van der Waals surface area contributed by atoms with Crippen molar-refractivity contribution < 1.29 is 9.90 Å². The summed E-state index contributed by atoms with van der Waals surface area (Å²) in [5.74, 6) is -1.20. The van der Waals surface area contributed by atoms with Gasteiger partial charge in [0.2, 0.25) is 0 Å². The zero-order valence-electron chi connectivity index (χ0n) is 7.82. The first-order chi connectivity index (χ1) is 7.16. The second-order valence-corrected chi connectivity index (χ2v) is 2.92. The summed E-state index contributed by atoms with van der Waals surface area (Å²) in [5, 5.41) is 12.1. The van der Waals surface area contributed by atoms with E-state index in [1.807, 2.05) is 0 Å². The van der Waals surface area contributed by atoms with Crippen molar-refractivity contribution in [3.8, 4) is 0 Å². The first-order valence-corrected chi connectivity index (χ1v) is 4.24. The number of hydrogen-bond acceptors (Lipinski definition) is 3. The van der Waals surface area contributed by atoms with Gasteiger partial charge in [-0.05, 0) is 11.1 Å². The highest BCUT2D eigenvalue weighted by Crippen LogP contribution is 2.20. The maximum absolute atomic E-state index is 10.7. The van der Waals surface area contributed by atoms with E-state index in [1.54, 1.807) is 30.3 Å². The van der Waals surface area contributed by atoms with Crippen LogP contribution in [0, 0.1) is 0 Å². The van der Waals surface area contributed by atoms with Gasteiger partial charge in [-0.15, -0.1) is 0 Å². The molecular formula is C9H10N4O2. The van der Waals surface area contributed by atoms with Gasteiger partial charge in [-0.25, -0.2) is 0 Å². The predicted octanol–water partition coefficient (Wildman–Crippen LogP) is 1.45. The van der Waals surface area contributed by atoms with Crippen LogP contribution in [-0.4, -0.2) is 17.1 Å². The lowest BCUT2D eigenvalue weighted by atomic mass is 10.0. The van der Waals surface area contributed by atoms with E-state index in [-0.39, 0.29) is 0 Å². The number of carbonyl (C=O) groups is 1. The summed E-state index contributed by atoms with van der Waals surface area (Å²) in [5.41, 5.74) is 14.3. The molecule has 15 heavy (non-hydrogen) atoms.